The van der Waals surface area contributed by atoms with Gasteiger partial charge in [-0.2, -0.15) is 0 Å². The molecule has 2 saturated heterocycles. The van der Waals surface area contributed by atoms with E-state index in [-0.39, 0.29) is 30.6 Å². The average molecular weight is 344 g/mol. The van der Waals surface area contributed by atoms with Crippen LogP contribution in [0.1, 0.15) is 18.8 Å². The zero-order valence-electron chi connectivity index (χ0n) is 13.2. The van der Waals surface area contributed by atoms with Crippen LogP contribution in [0, 0.1) is 29.3 Å². The van der Waals surface area contributed by atoms with Crippen LogP contribution in [0.15, 0.2) is 24.3 Å². The lowest BCUT2D eigenvalue weighted by molar-refractivity contribution is -0.280. The molecular formula is C17H19F3O4. The first-order valence-corrected chi connectivity index (χ1v) is 7.82. The molecule has 3 rings (SSSR count). The Morgan fingerprint density at radius 3 is 2.04 bits per heavy atom. The summed E-state index contributed by atoms with van der Waals surface area (Å²) in [6.07, 6.45) is 2.60. The van der Waals surface area contributed by atoms with E-state index in [1.165, 1.54) is 0 Å². The topological polar surface area (TPSA) is 36.9 Å². The van der Waals surface area contributed by atoms with Crippen molar-refractivity contribution in [2.75, 3.05) is 26.4 Å². The van der Waals surface area contributed by atoms with Crippen LogP contribution < -0.4 is 0 Å². The van der Waals surface area contributed by atoms with Gasteiger partial charge in [-0.25, -0.2) is 13.2 Å². The van der Waals surface area contributed by atoms with Gasteiger partial charge in [0.05, 0.1) is 32.3 Å². The molecule has 4 nitrogen and oxygen atoms in total. The number of halogens is 3. The van der Waals surface area contributed by atoms with Crippen LogP contribution in [-0.2, 0) is 18.9 Å². The van der Waals surface area contributed by atoms with E-state index in [1.807, 2.05) is 19.1 Å². The van der Waals surface area contributed by atoms with E-state index in [2.05, 4.69) is 0 Å². The van der Waals surface area contributed by atoms with E-state index in [0.717, 1.165) is 12.1 Å². The predicted molar refractivity (Wildman–Crippen MR) is 78.4 cm³/mol. The maximum Gasteiger partial charge on any atom is 0.194 e. The molecule has 2 heterocycles. The lowest BCUT2D eigenvalue weighted by Crippen LogP contribution is -2.42. The van der Waals surface area contributed by atoms with Crippen molar-refractivity contribution in [3.8, 4) is 0 Å². The molecule has 2 fully saturated rings. The first-order valence-electron chi connectivity index (χ1n) is 7.82. The van der Waals surface area contributed by atoms with E-state index in [1.54, 1.807) is 0 Å². The fourth-order valence-electron chi connectivity index (χ4n) is 2.77. The molecule has 0 saturated carbocycles. The van der Waals surface area contributed by atoms with Gasteiger partial charge in [0.2, 0.25) is 0 Å². The Labute approximate surface area is 138 Å². The third-order valence-corrected chi connectivity index (χ3v) is 4.00. The number of allylic oxidation sites excluding steroid dienone is 1. The molecule has 2 aliphatic rings. The second-order valence-corrected chi connectivity index (χ2v) is 5.88. The quantitative estimate of drug-likeness (QED) is 0.623. The fraction of sp³-hybridized carbons (Fsp3) is 0.529. The summed E-state index contributed by atoms with van der Waals surface area (Å²) in [4.78, 5) is 0. The van der Waals surface area contributed by atoms with Crippen LogP contribution >= 0.6 is 0 Å². The van der Waals surface area contributed by atoms with Gasteiger partial charge in [0.15, 0.2) is 30.0 Å². The van der Waals surface area contributed by atoms with Crippen LogP contribution in [0.25, 0.3) is 0 Å². The Morgan fingerprint density at radius 2 is 1.50 bits per heavy atom. The van der Waals surface area contributed by atoms with E-state index in [4.69, 9.17) is 18.9 Å². The lowest BCUT2D eigenvalue weighted by atomic mass is 10.1. The monoisotopic (exact) mass is 344 g/mol. The second kappa shape index (κ2) is 7.65. The highest BCUT2D eigenvalue weighted by Gasteiger charge is 2.34. The number of benzene rings is 1. The molecule has 0 bridgehead atoms. The van der Waals surface area contributed by atoms with E-state index in [0.29, 0.717) is 13.2 Å². The normalized spacial score (nSPS) is 31.5. The number of hydrogen-bond acceptors (Lipinski definition) is 4. The molecule has 1 aromatic rings. The number of rotatable bonds is 3. The van der Waals surface area contributed by atoms with Gasteiger partial charge in [-0.05, 0) is 19.1 Å². The molecule has 7 heteroatoms. The Morgan fingerprint density at radius 1 is 0.917 bits per heavy atom. The molecule has 0 spiro atoms. The van der Waals surface area contributed by atoms with E-state index in [9.17, 15) is 13.2 Å². The molecule has 1 aromatic carbocycles. The van der Waals surface area contributed by atoms with Gasteiger partial charge in [-0.15, -0.1) is 0 Å². The highest BCUT2D eigenvalue weighted by molar-refractivity contribution is 5.20. The average Bonchev–Trinajstić information content (AvgIpc) is 2.60. The third-order valence-electron chi connectivity index (χ3n) is 4.00. The highest BCUT2D eigenvalue weighted by Crippen LogP contribution is 2.30. The van der Waals surface area contributed by atoms with Crippen molar-refractivity contribution < 1.29 is 32.1 Å². The van der Waals surface area contributed by atoms with Crippen LogP contribution in [0.2, 0.25) is 0 Å². The van der Waals surface area contributed by atoms with Crippen molar-refractivity contribution in [1.82, 2.24) is 0 Å². The molecule has 0 amide bonds. The van der Waals surface area contributed by atoms with Crippen molar-refractivity contribution >= 4 is 0 Å². The maximum atomic E-state index is 13.3. The fourth-order valence-corrected chi connectivity index (χ4v) is 2.77. The Kier molecular flexibility index (Phi) is 5.55. The first kappa shape index (κ1) is 17.4. The van der Waals surface area contributed by atoms with Gasteiger partial charge in [-0.3, -0.25) is 0 Å². The molecule has 24 heavy (non-hydrogen) atoms. The van der Waals surface area contributed by atoms with Gasteiger partial charge >= 0.3 is 0 Å². The molecule has 0 unspecified atom stereocenters. The summed E-state index contributed by atoms with van der Waals surface area (Å²) in [5.74, 6) is -3.95. The number of ether oxygens (including phenoxy) is 4. The zero-order valence-corrected chi connectivity index (χ0v) is 13.2. The summed E-state index contributed by atoms with van der Waals surface area (Å²) in [6, 6.07) is 1.75. The minimum atomic E-state index is -1.51. The summed E-state index contributed by atoms with van der Waals surface area (Å²) in [5, 5.41) is 0. The Balaban J connectivity index is 1.55. The maximum absolute atomic E-state index is 13.3. The highest BCUT2D eigenvalue weighted by atomic mass is 19.2. The molecule has 0 radical (unpaired) electrons. The molecule has 2 aliphatic heterocycles. The van der Waals surface area contributed by atoms with Gasteiger partial charge < -0.3 is 18.9 Å². The summed E-state index contributed by atoms with van der Waals surface area (Å²) in [6.45, 7) is 3.57. The van der Waals surface area contributed by atoms with Crippen molar-refractivity contribution in [3.05, 3.63) is 47.3 Å². The third kappa shape index (κ3) is 3.80. The smallest absolute Gasteiger partial charge is 0.194 e. The van der Waals surface area contributed by atoms with Crippen molar-refractivity contribution in [3.63, 3.8) is 0 Å². The molecule has 0 atom stereocenters. The van der Waals surface area contributed by atoms with Crippen LogP contribution in [0.4, 0.5) is 13.2 Å². The minimum absolute atomic E-state index is 0.100. The number of hydrogen-bond donors (Lipinski definition) is 0. The van der Waals surface area contributed by atoms with Gasteiger partial charge in [0.25, 0.3) is 0 Å². The minimum Gasteiger partial charge on any atom is -0.351 e. The SMILES string of the molecule is C/C=C/[C@H]1CO[C@H]([C@H]2CO[C@H](c3cc(F)c(F)c(F)c3)OC2)OC1. The summed E-state index contributed by atoms with van der Waals surface area (Å²) in [5.41, 5.74) is 0.100. The first-order chi connectivity index (χ1) is 11.6. The van der Waals surface area contributed by atoms with Crippen LogP contribution in [0.5, 0.6) is 0 Å². The second-order valence-electron chi connectivity index (χ2n) is 5.88. The summed E-state index contributed by atoms with van der Waals surface area (Å²) >= 11 is 0. The standard InChI is InChI=1S/C17H19F3O4/c1-2-3-10-6-21-17(22-7-10)12-8-23-16(24-9-12)11-4-13(18)15(20)14(19)5-11/h2-5,10,12,16-17H,6-9H2,1H3/b3-2+/t10-,12-,16-,17-. The molecule has 0 N–H and O–H groups in total. The van der Waals surface area contributed by atoms with E-state index >= 15 is 0 Å². The van der Waals surface area contributed by atoms with E-state index < -0.39 is 30.0 Å². The Hall–Kier alpha value is -1.41. The molecule has 0 aliphatic carbocycles. The predicted octanol–water partition coefficient (Wildman–Crippen LogP) is 3.33. The molecule has 132 valence electrons. The summed E-state index contributed by atoms with van der Waals surface area (Å²) in [7, 11) is 0. The van der Waals surface area contributed by atoms with Gasteiger partial charge in [0.1, 0.15) is 0 Å². The van der Waals surface area contributed by atoms with Gasteiger partial charge in [-0.1, -0.05) is 12.2 Å². The van der Waals surface area contributed by atoms with Crippen molar-refractivity contribution in [1.29, 1.82) is 0 Å². The Bertz CT molecular complexity index is 568. The lowest BCUT2D eigenvalue weighted by Gasteiger charge is -2.37. The zero-order chi connectivity index (χ0) is 17.1. The summed E-state index contributed by atoms with van der Waals surface area (Å²) < 4.78 is 61.9. The largest absolute Gasteiger partial charge is 0.351 e. The van der Waals surface area contributed by atoms with Gasteiger partial charge in [0, 0.05) is 11.5 Å². The van der Waals surface area contributed by atoms with Crippen molar-refractivity contribution in [2.24, 2.45) is 11.8 Å². The van der Waals surface area contributed by atoms with Crippen LogP contribution in [-0.4, -0.2) is 32.7 Å². The molecule has 0 aromatic heterocycles. The van der Waals surface area contributed by atoms with Crippen molar-refractivity contribution in [2.45, 2.75) is 19.5 Å². The molecular weight excluding hydrogens is 325 g/mol. The van der Waals surface area contributed by atoms with Crippen LogP contribution in [0.3, 0.4) is 0 Å².